The Labute approximate surface area is 195 Å². The number of imidazole rings is 1. The van der Waals surface area contributed by atoms with Gasteiger partial charge in [-0.05, 0) is 49.6 Å². The molecule has 0 bridgehead atoms. The first-order chi connectivity index (χ1) is 16.1. The predicted octanol–water partition coefficient (Wildman–Crippen LogP) is 2.62. The second-order valence-corrected chi connectivity index (χ2v) is 8.26. The second-order valence-electron chi connectivity index (χ2n) is 8.26. The first-order valence-corrected chi connectivity index (χ1v) is 11.7. The highest BCUT2D eigenvalue weighted by Gasteiger charge is 2.16. The summed E-state index contributed by atoms with van der Waals surface area (Å²) in [5, 5.41) is 7.25. The lowest BCUT2D eigenvalue weighted by molar-refractivity contribution is 0.0953. The highest BCUT2D eigenvalue weighted by Crippen LogP contribution is 2.29. The summed E-state index contributed by atoms with van der Waals surface area (Å²) in [5.41, 5.74) is 10.9. The molecule has 0 aliphatic rings. The number of amides is 1. The summed E-state index contributed by atoms with van der Waals surface area (Å²) in [6.07, 6.45) is 3.59. The van der Waals surface area contributed by atoms with E-state index in [9.17, 15) is 4.79 Å². The van der Waals surface area contributed by atoms with Crippen molar-refractivity contribution in [2.45, 2.75) is 39.2 Å². The molecule has 0 fully saturated rings. The number of benzene rings is 2. The summed E-state index contributed by atoms with van der Waals surface area (Å²) < 4.78 is 2.27. The van der Waals surface area contributed by atoms with Crippen molar-refractivity contribution in [2.75, 3.05) is 18.8 Å². The molecule has 7 nitrogen and oxygen atoms in total. The normalized spacial score (nSPS) is 11.3. The summed E-state index contributed by atoms with van der Waals surface area (Å²) in [4.78, 5) is 21.8. The number of nitrogens with zero attached hydrogens (tertiary/aromatic N) is 3. The van der Waals surface area contributed by atoms with Gasteiger partial charge in [0.2, 0.25) is 0 Å². The van der Waals surface area contributed by atoms with E-state index in [4.69, 9.17) is 10.7 Å². The minimum absolute atomic E-state index is 0.0256. The average molecular weight is 442 g/mol. The fraction of sp³-hybridized carbons (Fsp3) is 0.320. The Kier molecular flexibility index (Phi) is 7.24. The number of nitrogens with two attached hydrogens (primary N) is 1. The first-order valence-electron chi connectivity index (χ1n) is 11.7. The Hall–Kier alpha value is -3.39. The molecule has 0 spiro atoms. The number of carbonyl (C=O) groups excluding carboxylic acids is 1. The fourth-order valence-corrected chi connectivity index (χ4v) is 4.21. The van der Waals surface area contributed by atoms with Crippen molar-refractivity contribution < 1.29 is 4.79 Å². The van der Waals surface area contributed by atoms with E-state index in [0.717, 1.165) is 66.5 Å². The predicted molar refractivity (Wildman–Crippen MR) is 137 cm³/mol. The van der Waals surface area contributed by atoms with Crippen LogP contribution < -0.4 is 16.3 Å². The van der Waals surface area contributed by atoms with Crippen LogP contribution in [-0.4, -0.2) is 41.5 Å². The van der Waals surface area contributed by atoms with Crippen LogP contribution in [0.4, 0.5) is 5.82 Å². The Balaban J connectivity index is 1.38. The van der Waals surface area contributed by atoms with E-state index in [0.29, 0.717) is 17.9 Å². The molecule has 0 unspecified atom stereocenters. The van der Waals surface area contributed by atoms with Crippen LogP contribution in [-0.2, 0) is 19.4 Å². The van der Waals surface area contributed by atoms with Gasteiger partial charge in [-0.2, -0.15) is 0 Å². The number of rotatable bonds is 10. The molecule has 0 aliphatic heterocycles. The van der Waals surface area contributed by atoms with Crippen LogP contribution >= 0.6 is 0 Å². The van der Waals surface area contributed by atoms with Crippen molar-refractivity contribution in [2.24, 2.45) is 0 Å². The molecule has 0 saturated carbocycles. The van der Waals surface area contributed by atoms with E-state index in [1.54, 1.807) is 0 Å². The molecule has 33 heavy (non-hydrogen) atoms. The van der Waals surface area contributed by atoms with Gasteiger partial charge in [0, 0.05) is 30.5 Å². The number of nitrogen functional groups attached to an aromatic ring is 1. The maximum Gasteiger partial charge on any atom is 0.251 e. The van der Waals surface area contributed by atoms with Gasteiger partial charge in [-0.1, -0.05) is 37.3 Å². The van der Waals surface area contributed by atoms with E-state index in [2.05, 4.69) is 33.1 Å². The van der Waals surface area contributed by atoms with Crippen molar-refractivity contribution >= 4 is 41.6 Å². The van der Waals surface area contributed by atoms with Gasteiger partial charge in [0.25, 0.3) is 5.91 Å². The molecule has 0 aliphatic carbocycles. The zero-order valence-electron chi connectivity index (χ0n) is 19.4. The number of pyridine rings is 1. The molecule has 170 valence electrons. The van der Waals surface area contributed by atoms with Crippen molar-refractivity contribution in [3.63, 3.8) is 0 Å². The number of anilines is 1. The number of hydrogen-bond donors (Lipinski definition) is 3. The van der Waals surface area contributed by atoms with Crippen LogP contribution in [0.1, 0.15) is 41.5 Å². The number of carbonyl (C=O) groups is 1. The quantitative estimate of drug-likeness (QED) is 0.259. The maximum absolute atomic E-state index is 12.5. The van der Waals surface area contributed by atoms with Gasteiger partial charge in [-0.25, -0.2) is 9.97 Å². The van der Waals surface area contributed by atoms with Crippen LogP contribution in [0.25, 0.3) is 21.9 Å². The SMILES string of the molecule is BNCCc1ccc(C(=O)NCCCCn2c(CC)nc3c(N)nc4ccccc4c32)cc1. The molecule has 1 amide bonds. The third-order valence-electron chi connectivity index (χ3n) is 5.98. The summed E-state index contributed by atoms with van der Waals surface area (Å²) >= 11 is 0. The second kappa shape index (κ2) is 10.5. The lowest BCUT2D eigenvalue weighted by Gasteiger charge is -2.11. The van der Waals surface area contributed by atoms with E-state index < -0.39 is 0 Å². The molecule has 4 N–H and O–H groups in total. The lowest BCUT2D eigenvalue weighted by Crippen LogP contribution is -2.24. The molecule has 4 aromatic rings. The van der Waals surface area contributed by atoms with Crippen LogP contribution in [0.5, 0.6) is 0 Å². The Morgan fingerprint density at radius 1 is 1.06 bits per heavy atom. The van der Waals surface area contributed by atoms with Crippen LogP contribution in [0.3, 0.4) is 0 Å². The summed E-state index contributed by atoms with van der Waals surface area (Å²) in [7, 11) is 1.94. The smallest absolute Gasteiger partial charge is 0.251 e. The molecule has 0 radical (unpaired) electrons. The zero-order valence-corrected chi connectivity index (χ0v) is 19.4. The number of unbranched alkanes of at least 4 members (excludes halogenated alkanes) is 1. The zero-order chi connectivity index (χ0) is 23.2. The average Bonchev–Trinajstić information content (AvgIpc) is 3.22. The fourth-order valence-electron chi connectivity index (χ4n) is 4.21. The third kappa shape index (κ3) is 5.01. The van der Waals surface area contributed by atoms with Crippen LogP contribution in [0.15, 0.2) is 48.5 Å². The van der Waals surface area contributed by atoms with Crippen LogP contribution in [0.2, 0.25) is 0 Å². The van der Waals surface area contributed by atoms with Crippen molar-refractivity contribution in [1.82, 2.24) is 25.1 Å². The molecule has 4 rings (SSSR count). The minimum Gasteiger partial charge on any atom is -0.382 e. The van der Waals surface area contributed by atoms with E-state index in [1.165, 1.54) is 5.56 Å². The van der Waals surface area contributed by atoms with Crippen molar-refractivity contribution in [3.05, 3.63) is 65.5 Å². The highest BCUT2D eigenvalue weighted by molar-refractivity contribution is 6.06. The standard InChI is InChI=1S/C25H31BN6O/c1-2-21-31-22-23(19-7-3-4-8-20(19)30-24(22)27)32(21)16-6-5-14-28-25(33)18-11-9-17(10-12-18)13-15-29-26/h3-4,7-12,29H,2,5-6,13-16,26H2,1H3,(H2,27,30)(H,28,33). The van der Waals surface area contributed by atoms with Crippen molar-refractivity contribution in [3.8, 4) is 0 Å². The summed E-state index contributed by atoms with van der Waals surface area (Å²) in [6, 6.07) is 15.9. The maximum atomic E-state index is 12.5. The molecular formula is C25H31BN6O. The Morgan fingerprint density at radius 2 is 1.85 bits per heavy atom. The molecule has 0 saturated heterocycles. The van der Waals surface area contributed by atoms with E-state index >= 15 is 0 Å². The number of aryl methyl sites for hydroxylation is 2. The lowest BCUT2D eigenvalue weighted by atomic mass is 10.1. The molecule has 2 heterocycles. The van der Waals surface area contributed by atoms with Gasteiger partial charge < -0.3 is 20.8 Å². The number of hydrogen-bond acceptors (Lipinski definition) is 5. The summed E-state index contributed by atoms with van der Waals surface area (Å²) in [5.74, 6) is 1.46. The summed E-state index contributed by atoms with van der Waals surface area (Å²) in [6.45, 7) is 4.49. The number of aromatic nitrogens is 3. The van der Waals surface area contributed by atoms with Gasteiger partial charge in [-0.3, -0.25) is 4.79 Å². The number of fused-ring (bicyclic) bond motifs is 3. The Bertz CT molecular complexity index is 1250. The van der Waals surface area contributed by atoms with Gasteiger partial charge in [0.1, 0.15) is 11.3 Å². The van der Waals surface area contributed by atoms with Gasteiger partial charge >= 0.3 is 0 Å². The number of nitrogens with one attached hydrogen (secondary N) is 2. The molecular weight excluding hydrogens is 411 g/mol. The van der Waals surface area contributed by atoms with Crippen molar-refractivity contribution in [1.29, 1.82) is 0 Å². The molecule has 0 atom stereocenters. The first kappa shape index (κ1) is 22.8. The molecule has 2 aromatic heterocycles. The van der Waals surface area contributed by atoms with Gasteiger partial charge in [0.05, 0.1) is 11.0 Å². The van der Waals surface area contributed by atoms with Gasteiger partial charge in [0.15, 0.2) is 13.8 Å². The Morgan fingerprint density at radius 3 is 2.61 bits per heavy atom. The minimum atomic E-state index is -0.0256. The van der Waals surface area contributed by atoms with Crippen LogP contribution in [0, 0.1) is 0 Å². The third-order valence-corrected chi connectivity index (χ3v) is 5.98. The monoisotopic (exact) mass is 442 g/mol. The topological polar surface area (TPSA) is 97.9 Å². The molecule has 2 aromatic carbocycles. The number of para-hydroxylation sites is 1. The van der Waals surface area contributed by atoms with Gasteiger partial charge in [-0.15, -0.1) is 0 Å². The largest absolute Gasteiger partial charge is 0.382 e. The highest BCUT2D eigenvalue weighted by atomic mass is 16.1. The van der Waals surface area contributed by atoms with E-state index in [1.807, 2.05) is 50.4 Å². The molecule has 8 heteroatoms. The van der Waals surface area contributed by atoms with E-state index in [-0.39, 0.29) is 5.91 Å².